The molecule has 1 fully saturated rings. The Morgan fingerprint density at radius 3 is 2.25 bits per heavy atom. The molecule has 1 atom stereocenters. The van der Waals surface area contributed by atoms with Crippen molar-refractivity contribution >= 4 is 5.97 Å². The van der Waals surface area contributed by atoms with Gasteiger partial charge in [0.2, 0.25) is 0 Å². The van der Waals surface area contributed by atoms with E-state index >= 15 is 0 Å². The van der Waals surface area contributed by atoms with E-state index in [1.807, 2.05) is 13.8 Å². The third-order valence-electron chi connectivity index (χ3n) is 2.37. The number of carboxylic acid groups (broad SMARTS) is 1. The van der Waals surface area contributed by atoms with E-state index in [2.05, 4.69) is 0 Å². The van der Waals surface area contributed by atoms with Gasteiger partial charge in [0.25, 0.3) is 0 Å². The first kappa shape index (κ1) is 9.52. The maximum Gasteiger partial charge on any atom is 0.105 e. The van der Waals surface area contributed by atoms with E-state index in [0.717, 1.165) is 12.8 Å². The smallest absolute Gasteiger partial charge is 0.105 e. The third-order valence-corrected chi connectivity index (χ3v) is 2.37. The molecule has 70 valence electrons. The SMILES string of the molecule is CC1(C)CCC[C@@](C)(C(=O)[O-])O1. The van der Waals surface area contributed by atoms with Gasteiger partial charge in [0.05, 0.1) is 11.6 Å². The molecule has 0 aromatic rings. The Bertz CT molecular complexity index is 198. The second-order valence-electron chi connectivity index (χ2n) is 4.23. The molecule has 12 heavy (non-hydrogen) atoms. The van der Waals surface area contributed by atoms with Gasteiger partial charge in [0, 0.05) is 0 Å². The minimum Gasteiger partial charge on any atom is -0.547 e. The Morgan fingerprint density at radius 1 is 1.33 bits per heavy atom. The van der Waals surface area contributed by atoms with Crippen LogP contribution in [0.25, 0.3) is 0 Å². The molecule has 0 amide bonds. The van der Waals surface area contributed by atoms with Crippen molar-refractivity contribution in [1.29, 1.82) is 0 Å². The molecular formula is C9H15O3-. The minimum absolute atomic E-state index is 0.326. The van der Waals surface area contributed by atoms with Crippen molar-refractivity contribution < 1.29 is 14.6 Å². The lowest BCUT2D eigenvalue weighted by atomic mass is 9.88. The van der Waals surface area contributed by atoms with Crippen LogP contribution in [0.3, 0.4) is 0 Å². The summed E-state index contributed by atoms with van der Waals surface area (Å²) in [5, 5.41) is 10.7. The van der Waals surface area contributed by atoms with Crippen LogP contribution in [0.5, 0.6) is 0 Å². The molecule has 1 saturated heterocycles. The van der Waals surface area contributed by atoms with E-state index in [-0.39, 0.29) is 5.60 Å². The van der Waals surface area contributed by atoms with Crippen LogP contribution in [-0.4, -0.2) is 17.2 Å². The lowest BCUT2D eigenvalue weighted by molar-refractivity contribution is -0.335. The Hall–Kier alpha value is -0.570. The molecule has 1 aliphatic heterocycles. The normalized spacial score (nSPS) is 34.6. The van der Waals surface area contributed by atoms with Crippen molar-refractivity contribution in [1.82, 2.24) is 0 Å². The van der Waals surface area contributed by atoms with Crippen LogP contribution >= 0.6 is 0 Å². The van der Waals surface area contributed by atoms with Crippen molar-refractivity contribution in [3.05, 3.63) is 0 Å². The van der Waals surface area contributed by atoms with Crippen LogP contribution in [0.15, 0.2) is 0 Å². The molecule has 3 heteroatoms. The summed E-state index contributed by atoms with van der Waals surface area (Å²) in [6.45, 7) is 5.41. The highest BCUT2D eigenvalue weighted by atomic mass is 16.5. The van der Waals surface area contributed by atoms with Crippen LogP contribution in [0.2, 0.25) is 0 Å². The Kier molecular flexibility index (Phi) is 2.17. The monoisotopic (exact) mass is 171 g/mol. The van der Waals surface area contributed by atoms with Crippen LogP contribution in [0, 0.1) is 0 Å². The quantitative estimate of drug-likeness (QED) is 0.576. The zero-order chi connectivity index (χ0) is 9.41. The summed E-state index contributed by atoms with van der Waals surface area (Å²) >= 11 is 0. The summed E-state index contributed by atoms with van der Waals surface area (Å²) in [7, 11) is 0. The Morgan fingerprint density at radius 2 is 1.92 bits per heavy atom. The average Bonchev–Trinajstić information content (AvgIpc) is 1.83. The summed E-state index contributed by atoms with van der Waals surface area (Å²) in [5.41, 5.74) is -1.41. The number of carboxylic acids is 1. The molecule has 3 nitrogen and oxygen atoms in total. The number of rotatable bonds is 1. The molecule has 0 radical (unpaired) electrons. The van der Waals surface area contributed by atoms with Crippen molar-refractivity contribution in [2.24, 2.45) is 0 Å². The first-order chi connectivity index (χ1) is 5.36. The van der Waals surface area contributed by atoms with Gasteiger partial charge >= 0.3 is 0 Å². The van der Waals surface area contributed by atoms with E-state index in [4.69, 9.17) is 4.74 Å². The average molecular weight is 171 g/mol. The van der Waals surface area contributed by atoms with Crippen LogP contribution < -0.4 is 5.11 Å². The number of aliphatic carboxylic acids is 1. The number of carbonyl (C=O) groups excluding carboxylic acids is 1. The largest absolute Gasteiger partial charge is 0.547 e. The summed E-state index contributed by atoms with van der Waals surface area (Å²) in [4.78, 5) is 10.7. The fourth-order valence-corrected chi connectivity index (χ4v) is 1.71. The van der Waals surface area contributed by atoms with Gasteiger partial charge in [-0.05, 0) is 40.0 Å². The molecule has 0 unspecified atom stereocenters. The second kappa shape index (κ2) is 2.73. The molecular weight excluding hydrogens is 156 g/mol. The standard InChI is InChI=1S/C9H16O3/c1-8(2)5-4-6-9(3,12-8)7(10)11/h4-6H2,1-3H3,(H,10,11)/p-1/t9-/m0/s1. The van der Waals surface area contributed by atoms with Crippen LogP contribution in [0.1, 0.15) is 40.0 Å². The second-order valence-corrected chi connectivity index (χ2v) is 4.23. The summed E-state index contributed by atoms with van der Waals surface area (Å²) < 4.78 is 5.46. The summed E-state index contributed by atoms with van der Waals surface area (Å²) in [6, 6.07) is 0. The Balaban J connectivity index is 2.74. The molecule has 1 heterocycles. The summed E-state index contributed by atoms with van der Waals surface area (Å²) in [6.07, 6.45) is 2.35. The molecule has 1 rings (SSSR count). The number of hydrogen-bond acceptors (Lipinski definition) is 3. The molecule has 0 spiro atoms. The molecule has 1 aliphatic rings. The predicted octanol–water partition coefficient (Wildman–Crippen LogP) is 0.474. The third kappa shape index (κ3) is 1.78. The van der Waals surface area contributed by atoms with Crippen molar-refractivity contribution in [3.63, 3.8) is 0 Å². The van der Waals surface area contributed by atoms with Gasteiger partial charge in [-0.3, -0.25) is 0 Å². The molecule has 0 bridgehead atoms. The highest BCUT2D eigenvalue weighted by Crippen LogP contribution is 2.34. The zero-order valence-corrected chi connectivity index (χ0v) is 7.85. The molecule has 0 saturated carbocycles. The topological polar surface area (TPSA) is 49.4 Å². The van der Waals surface area contributed by atoms with E-state index in [1.54, 1.807) is 6.92 Å². The fraction of sp³-hybridized carbons (Fsp3) is 0.889. The first-order valence-electron chi connectivity index (χ1n) is 4.27. The maximum absolute atomic E-state index is 10.7. The van der Waals surface area contributed by atoms with Crippen LogP contribution in [-0.2, 0) is 9.53 Å². The molecule has 0 aliphatic carbocycles. The zero-order valence-electron chi connectivity index (χ0n) is 7.85. The number of ether oxygens (including phenoxy) is 1. The molecule has 0 N–H and O–H groups in total. The lowest BCUT2D eigenvalue weighted by Crippen LogP contribution is -2.54. The minimum atomic E-state index is -1.10. The highest BCUT2D eigenvalue weighted by molar-refractivity contribution is 5.74. The lowest BCUT2D eigenvalue weighted by Gasteiger charge is -2.43. The van der Waals surface area contributed by atoms with Crippen molar-refractivity contribution in [2.45, 2.75) is 51.2 Å². The summed E-state index contributed by atoms with van der Waals surface area (Å²) in [5.74, 6) is -1.10. The van der Waals surface area contributed by atoms with Crippen molar-refractivity contribution in [2.75, 3.05) is 0 Å². The van der Waals surface area contributed by atoms with Gasteiger partial charge in [-0.25, -0.2) is 0 Å². The molecule has 0 aromatic heterocycles. The highest BCUT2D eigenvalue weighted by Gasteiger charge is 2.38. The first-order valence-corrected chi connectivity index (χ1v) is 4.27. The van der Waals surface area contributed by atoms with Gasteiger partial charge in [0.15, 0.2) is 0 Å². The number of hydrogen-bond donors (Lipinski definition) is 0. The van der Waals surface area contributed by atoms with Gasteiger partial charge in [-0.1, -0.05) is 0 Å². The Labute approximate surface area is 72.7 Å². The van der Waals surface area contributed by atoms with Crippen LogP contribution in [0.4, 0.5) is 0 Å². The van der Waals surface area contributed by atoms with Gasteiger partial charge in [0.1, 0.15) is 5.60 Å². The fourth-order valence-electron chi connectivity index (χ4n) is 1.71. The predicted molar refractivity (Wildman–Crippen MR) is 42.4 cm³/mol. The van der Waals surface area contributed by atoms with E-state index in [9.17, 15) is 9.90 Å². The molecule has 0 aromatic carbocycles. The number of carbonyl (C=O) groups is 1. The van der Waals surface area contributed by atoms with Gasteiger partial charge < -0.3 is 14.6 Å². The van der Waals surface area contributed by atoms with E-state index in [0.29, 0.717) is 6.42 Å². The van der Waals surface area contributed by atoms with Gasteiger partial charge in [-0.15, -0.1) is 0 Å². The van der Waals surface area contributed by atoms with E-state index < -0.39 is 11.6 Å². The maximum atomic E-state index is 10.7. The van der Waals surface area contributed by atoms with E-state index in [1.165, 1.54) is 0 Å². The van der Waals surface area contributed by atoms with Gasteiger partial charge in [-0.2, -0.15) is 0 Å². The van der Waals surface area contributed by atoms with Crippen molar-refractivity contribution in [3.8, 4) is 0 Å².